The van der Waals surface area contributed by atoms with Crippen LogP contribution in [0, 0.1) is 11.8 Å². The third-order valence-electron chi connectivity index (χ3n) is 5.22. The van der Waals surface area contributed by atoms with Gasteiger partial charge >= 0.3 is 12.0 Å². The summed E-state index contributed by atoms with van der Waals surface area (Å²) in [6, 6.07) is -0.221. The quantitative estimate of drug-likeness (QED) is 0.838. The first-order chi connectivity index (χ1) is 9.93. The lowest BCUT2D eigenvalue weighted by molar-refractivity contribution is -0.147. The molecule has 0 aromatic heterocycles. The number of rotatable bonds is 4. The molecule has 0 bridgehead atoms. The van der Waals surface area contributed by atoms with Crippen LogP contribution in [0.25, 0.3) is 0 Å². The molecule has 0 aromatic carbocycles. The largest absolute Gasteiger partial charge is 0.480 e. The summed E-state index contributed by atoms with van der Waals surface area (Å²) in [5.74, 6) is 0.600. The highest BCUT2D eigenvalue weighted by Gasteiger charge is 2.45. The molecule has 2 aliphatic rings. The lowest BCUT2D eigenvalue weighted by Crippen LogP contribution is -2.54. The molecule has 2 amide bonds. The van der Waals surface area contributed by atoms with Gasteiger partial charge in [0.25, 0.3) is 0 Å². The minimum atomic E-state index is -1.04. The number of carbonyl (C=O) groups excluding carboxylic acids is 1. The zero-order valence-corrected chi connectivity index (χ0v) is 13.2. The number of carbonyl (C=O) groups is 2. The molecule has 2 fully saturated rings. The lowest BCUT2D eigenvalue weighted by Gasteiger charge is -2.31. The fourth-order valence-electron chi connectivity index (χ4n) is 3.81. The number of nitrogens with zero attached hydrogens (tertiary/aromatic N) is 1. The maximum atomic E-state index is 12.2. The maximum absolute atomic E-state index is 12.2. The second-order valence-electron chi connectivity index (χ2n) is 6.99. The average molecular weight is 296 g/mol. The van der Waals surface area contributed by atoms with Crippen molar-refractivity contribution in [3.05, 3.63) is 0 Å². The molecule has 5 heteroatoms. The summed E-state index contributed by atoms with van der Waals surface area (Å²) < 4.78 is 0. The first-order valence-electron chi connectivity index (χ1n) is 8.22. The third-order valence-corrected chi connectivity index (χ3v) is 5.22. The number of nitrogens with one attached hydrogen (secondary N) is 1. The van der Waals surface area contributed by atoms with E-state index in [0.29, 0.717) is 25.4 Å². The van der Waals surface area contributed by atoms with Gasteiger partial charge in [0.2, 0.25) is 0 Å². The van der Waals surface area contributed by atoms with Gasteiger partial charge in [0, 0.05) is 13.1 Å². The van der Waals surface area contributed by atoms with Crippen LogP contribution in [0.15, 0.2) is 0 Å². The Morgan fingerprint density at radius 1 is 1.33 bits per heavy atom. The van der Waals surface area contributed by atoms with Crippen LogP contribution >= 0.6 is 0 Å². The zero-order chi connectivity index (χ0) is 15.5. The van der Waals surface area contributed by atoms with E-state index in [4.69, 9.17) is 0 Å². The Balaban J connectivity index is 1.78. The highest BCUT2D eigenvalue weighted by atomic mass is 16.4. The van der Waals surface area contributed by atoms with E-state index in [1.54, 1.807) is 6.92 Å². The van der Waals surface area contributed by atoms with Gasteiger partial charge < -0.3 is 15.3 Å². The van der Waals surface area contributed by atoms with Crippen LogP contribution in [0.2, 0.25) is 0 Å². The van der Waals surface area contributed by atoms with Crippen molar-refractivity contribution in [3.63, 3.8) is 0 Å². The van der Waals surface area contributed by atoms with Crippen LogP contribution in [-0.2, 0) is 4.79 Å². The Labute approximate surface area is 127 Å². The molecule has 1 heterocycles. The van der Waals surface area contributed by atoms with Gasteiger partial charge in [-0.25, -0.2) is 9.59 Å². The average Bonchev–Trinajstić information content (AvgIpc) is 2.82. The summed E-state index contributed by atoms with van der Waals surface area (Å²) in [5.41, 5.74) is -1.04. The van der Waals surface area contributed by atoms with Crippen LogP contribution < -0.4 is 5.32 Å². The van der Waals surface area contributed by atoms with Crippen molar-refractivity contribution in [2.45, 2.75) is 64.3 Å². The van der Waals surface area contributed by atoms with E-state index in [9.17, 15) is 14.7 Å². The van der Waals surface area contributed by atoms with E-state index >= 15 is 0 Å². The fraction of sp³-hybridized carbons (Fsp3) is 0.875. The molecule has 1 aliphatic carbocycles. The Bertz CT molecular complexity index is 399. The molecule has 120 valence electrons. The first-order valence-corrected chi connectivity index (χ1v) is 8.22. The van der Waals surface area contributed by atoms with Gasteiger partial charge in [-0.3, -0.25) is 0 Å². The van der Waals surface area contributed by atoms with Crippen molar-refractivity contribution in [3.8, 4) is 0 Å². The number of carboxylic acid groups (broad SMARTS) is 1. The molecule has 3 atom stereocenters. The number of hydrogen-bond donors (Lipinski definition) is 2. The molecular weight excluding hydrogens is 268 g/mol. The van der Waals surface area contributed by atoms with Gasteiger partial charge in [0.05, 0.1) is 0 Å². The van der Waals surface area contributed by atoms with Crippen molar-refractivity contribution in [1.82, 2.24) is 10.2 Å². The highest BCUT2D eigenvalue weighted by molar-refractivity contribution is 5.86. The van der Waals surface area contributed by atoms with Crippen LogP contribution in [0.4, 0.5) is 4.79 Å². The van der Waals surface area contributed by atoms with E-state index < -0.39 is 11.5 Å². The van der Waals surface area contributed by atoms with Crippen LogP contribution in [-0.4, -0.2) is 40.6 Å². The van der Waals surface area contributed by atoms with Crippen molar-refractivity contribution < 1.29 is 14.7 Å². The Morgan fingerprint density at radius 3 is 2.76 bits per heavy atom. The monoisotopic (exact) mass is 296 g/mol. The van der Waals surface area contributed by atoms with E-state index in [1.165, 1.54) is 30.6 Å². The molecule has 5 nitrogen and oxygen atoms in total. The SMILES string of the molecule is CC1CCCC(CCNC(=O)N2CCCC2(C)C(=O)O)C1. The highest BCUT2D eigenvalue weighted by Crippen LogP contribution is 2.31. The van der Waals surface area contributed by atoms with E-state index in [2.05, 4.69) is 12.2 Å². The summed E-state index contributed by atoms with van der Waals surface area (Å²) in [5, 5.41) is 12.2. The third kappa shape index (κ3) is 3.69. The normalized spacial score (nSPS) is 33.0. The van der Waals surface area contributed by atoms with Crippen LogP contribution in [0.3, 0.4) is 0 Å². The molecule has 1 aliphatic heterocycles. The predicted molar refractivity (Wildman–Crippen MR) is 81.1 cm³/mol. The summed E-state index contributed by atoms with van der Waals surface area (Å²) in [6.07, 6.45) is 7.44. The van der Waals surface area contributed by atoms with E-state index in [-0.39, 0.29) is 6.03 Å². The Kier molecular flexibility index (Phi) is 5.12. The van der Waals surface area contributed by atoms with Gasteiger partial charge in [0.1, 0.15) is 5.54 Å². The molecule has 3 unspecified atom stereocenters. The minimum Gasteiger partial charge on any atom is -0.480 e. The number of likely N-dealkylation sites (tertiary alicyclic amines) is 1. The van der Waals surface area contributed by atoms with Gasteiger partial charge in [0.15, 0.2) is 0 Å². The summed E-state index contributed by atoms with van der Waals surface area (Å²) in [7, 11) is 0. The van der Waals surface area contributed by atoms with Crippen LogP contribution in [0.5, 0.6) is 0 Å². The zero-order valence-electron chi connectivity index (χ0n) is 13.2. The van der Waals surface area contributed by atoms with Crippen molar-refractivity contribution in [2.75, 3.05) is 13.1 Å². The molecule has 0 radical (unpaired) electrons. The second-order valence-corrected chi connectivity index (χ2v) is 6.99. The van der Waals surface area contributed by atoms with E-state index in [0.717, 1.165) is 18.8 Å². The van der Waals surface area contributed by atoms with Gasteiger partial charge in [-0.2, -0.15) is 0 Å². The molecule has 1 saturated heterocycles. The number of carboxylic acids is 1. The number of urea groups is 1. The number of aliphatic carboxylic acids is 1. The Morgan fingerprint density at radius 2 is 2.10 bits per heavy atom. The van der Waals surface area contributed by atoms with Crippen LogP contribution in [0.1, 0.15) is 58.8 Å². The molecule has 2 N–H and O–H groups in total. The standard InChI is InChI=1S/C16H28N2O3/c1-12-5-3-6-13(11-12)7-9-17-15(21)18-10-4-8-16(18,2)14(19)20/h12-13H,3-11H2,1-2H3,(H,17,21)(H,19,20). The fourth-order valence-corrected chi connectivity index (χ4v) is 3.81. The maximum Gasteiger partial charge on any atom is 0.329 e. The molecule has 1 saturated carbocycles. The van der Waals surface area contributed by atoms with Gasteiger partial charge in [-0.15, -0.1) is 0 Å². The summed E-state index contributed by atoms with van der Waals surface area (Å²) >= 11 is 0. The van der Waals surface area contributed by atoms with Crippen molar-refractivity contribution in [1.29, 1.82) is 0 Å². The van der Waals surface area contributed by atoms with Gasteiger partial charge in [-0.05, 0) is 44.4 Å². The number of amides is 2. The molecule has 2 rings (SSSR count). The van der Waals surface area contributed by atoms with Gasteiger partial charge in [-0.1, -0.05) is 26.2 Å². The topological polar surface area (TPSA) is 69.6 Å². The van der Waals surface area contributed by atoms with Crippen molar-refractivity contribution >= 4 is 12.0 Å². The lowest BCUT2D eigenvalue weighted by atomic mass is 9.81. The minimum absolute atomic E-state index is 0.221. The van der Waals surface area contributed by atoms with Crippen molar-refractivity contribution in [2.24, 2.45) is 11.8 Å². The smallest absolute Gasteiger partial charge is 0.329 e. The number of hydrogen-bond acceptors (Lipinski definition) is 2. The summed E-state index contributed by atoms with van der Waals surface area (Å²) in [6.45, 7) is 5.13. The Hall–Kier alpha value is -1.26. The second kappa shape index (κ2) is 6.67. The summed E-state index contributed by atoms with van der Waals surface area (Å²) in [4.78, 5) is 25.1. The molecule has 21 heavy (non-hydrogen) atoms. The predicted octanol–water partition coefficient (Wildman–Crippen LogP) is 2.85. The molecule has 0 spiro atoms. The van der Waals surface area contributed by atoms with E-state index in [1.807, 2.05) is 0 Å². The molecular formula is C16H28N2O3. The first kappa shape index (κ1) is 16.1. The molecule has 0 aromatic rings.